The molecule has 0 radical (unpaired) electrons. The van der Waals surface area contributed by atoms with Crippen molar-refractivity contribution in [3.8, 4) is 17.6 Å². The summed E-state index contributed by atoms with van der Waals surface area (Å²) < 4.78 is 47.4. The number of benzene rings is 1. The minimum Gasteiger partial charge on any atom is -0.497 e. The highest BCUT2D eigenvalue weighted by Crippen LogP contribution is 2.43. The SMILES string of the molecule is COc1ccc(CNc2ncncc2[C@@H](C)N2CCOc3nc(Cl)c(F)c4nc(OC[C@@]56CCCN5C[C@H](F)C6)nc2c34)cc1. The number of pyridine rings is 1. The molecule has 0 saturated carbocycles. The Bertz CT molecular complexity index is 1720. The normalized spacial score (nSPS) is 21.7. The molecular formula is C31H33ClF2N8O3. The molecule has 2 saturated heterocycles. The third-order valence-electron chi connectivity index (χ3n) is 9.02. The number of aromatic nitrogens is 5. The third kappa shape index (κ3) is 5.52. The second-order valence-corrected chi connectivity index (χ2v) is 12.0. The molecule has 14 heteroatoms. The van der Waals surface area contributed by atoms with Crippen LogP contribution < -0.4 is 24.4 Å². The lowest BCUT2D eigenvalue weighted by Crippen LogP contribution is -2.43. The van der Waals surface area contributed by atoms with Gasteiger partial charge in [0.05, 0.1) is 25.2 Å². The van der Waals surface area contributed by atoms with Gasteiger partial charge >= 0.3 is 6.01 Å². The summed E-state index contributed by atoms with van der Waals surface area (Å²) in [6.45, 7) is 4.55. The molecule has 0 bridgehead atoms. The van der Waals surface area contributed by atoms with Crippen molar-refractivity contribution < 1.29 is 23.0 Å². The van der Waals surface area contributed by atoms with Gasteiger partial charge in [0.2, 0.25) is 5.88 Å². The maximum Gasteiger partial charge on any atom is 0.319 e. The molecule has 1 N–H and O–H groups in total. The first-order chi connectivity index (χ1) is 21.8. The van der Waals surface area contributed by atoms with Gasteiger partial charge in [0.15, 0.2) is 11.0 Å². The van der Waals surface area contributed by atoms with Crippen molar-refractivity contribution in [2.75, 3.05) is 50.2 Å². The molecule has 0 unspecified atom stereocenters. The molecule has 236 valence electrons. The van der Waals surface area contributed by atoms with E-state index in [1.807, 2.05) is 36.1 Å². The van der Waals surface area contributed by atoms with E-state index in [4.69, 9.17) is 30.8 Å². The number of ether oxygens (including phenoxy) is 3. The Kier molecular flexibility index (Phi) is 7.90. The summed E-state index contributed by atoms with van der Waals surface area (Å²) >= 11 is 6.18. The van der Waals surface area contributed by atoms with Crippen LogP contribution in [-0.4, -0.2) is 81.5 Å². The fraction of sp³-hybridized carbons (Fsp3) is 0.452. The van der Waals surface area contributed by atoms with E-state index in [0.717, 1.165) is 36.3 Å². The maximum atomic E-state index is 15.6. The number of methoxy groups -OCH3 is 1. The highest BCUT2D eigenvalue weighted by molar-refractivity contribution is 6.30. The lowest BCUT2D eigenvalue weighted by molar-refractivity contribution is 0.107. The summed E-state index contributed by atoms with van der Waals surface area (Å²) in [5.41, 5.74) is 1.37. The highest BCUT2D eigenvalue weighted by atomic mass is 35.5. The van der Waals surface area contributed by atoms with Crippen LogP contribution in [0.15, 0.2) is 36.8 Å². The van der Waals surface area contributed by atoms with Gasteiger partial charge in [-0.25, -0.2) is 18.7 Å². The minimum absolute atomic E-state index is 0.0191. The van der Waals surface area contributed by atoms with Crippen LogP contribution in [0.3, 0.4) is 0 Å². The predicted molar refractivity (Wildman–Crippen MR) is 164 cm³/mol. The number of nitrogens with one attached hydrogen (secondary N) is 1. The molecule has 4 aromatic rings. The van der Waals surface area contributed by atoms with Crippen molar-refractivity contribution in [2.24, 2.45) is 0 Å². The summed E-state index contributed by atoms with van der Waals surface area (Å²) in [7, 11) is 1.63. The Morgan fingerprint density at radius 1 is 1.20 bits per heavy atom. The number of alkyl halides is 1. The van der Waals surface area contributed by atoms with Crippen LogP contribution in [-0.2, 0) is 6.54 Å². The van der Waals surface area contributed by atoms with E-state index in [2.05, 4.69) is 30.2 Å². The monoisotopic (exact) mass is 638 g/mol. The molecule has 11 nitrogen and oxygen atoms in total. The number of anilines is 2. The van der Waals surface area contributed by atoms with Gasteiger partial charge in [0.1, 0.15) is 54.0 Å². The summed E-state index contributed by atoms with van der Waals surface area (Å²) in [4.78, 5) is 26.3. The summed E-state index contributed by atoms with van der Waals surface area (Å²) in [6.07, 6.45) is 4.50. The second kappa shape index (κ2) is 12.0. The predicted octanol–water partition coefficient (Wildman–Crippen LogP) is 5.14. The lowest BCUT2D eigenvalue weighted by atomic mass is 9.95. The van der Waals surface area contributed by atoms with E-state index in [-0.39, 0.29) is 41.8 Å². The molecule has 0 amide bonds. The molecular weight excluding hydrogens is 606 g/mol. The number of fused-ring (bicyclic) bond motifs is 1. The molecule has 3 atom stereocenters. The van der Waals surface area contributed by atoms with E-state index in [0.29, 0.717) is 43.1 Å². The topological polar surface area (TPSA) is 111 Å². The van der Waals surface area contributed by atoms with E-state index >= 15 is 4.39 Å². The van der Waals surface area contributed by atoms with Crippen molar-refractivity contribution in [3.63, 3.8) is 0 Å². The second-order valence-electron chi connectivity index (χ2n) is 11.7. The first-order valence-corrected chi connectivity index (χ1v) is 15.4. The van der Waals surface area contributed by atoms with Crippen LogP contribution in [0.2, 0.25) is 5.15 Å². The number of nitrogens with zero attached hydrogens (tertiary/aromatic N) is 7. The van der Waals surface area contributed by atoms with E-state index in [1.165, 1.54) is 6.33 Å². The molecule has 0 spiro atoms. The Hall–Kier alpha value is -4.10. The molecule has 0 aliphatic carbocycles. The van der Waals surface area contributed by atoms with Crippen molar-refractivity contribution in [1.29, 1.82) is 0 Å². The molecule has 6 heterocycles. The molecule has 45 heavy (non-hydrogen) atoms. The van der Waals surface area contributed by atoms with Gasteiger partial charge in [-0.05, 0) is 44.0 Å². The van der Waals surface area contributed by atoms with Gasteiger partial charge in [-0.2, -0.15) is 15.0 Å². The van der Waals surface area contributed by atoms with Gasteiger partial charge in [0, 0.05) is 31.3 Å². The van der Waals surface area contributed by atoms with Gasteiger partial charge in [-0.1, -0.05) is 23.7 Å². The Labute approximate surface area is 263 Å². The van der Waals surface area contributed by atoms with Gasteiger partial charge in [0.25, 0.3) is 0 Å². The first-order valence-electron chi connectivity index (χ1n) is 15.0. The molecule has 3 aliphatic rings. The number of rotatable bonds is 9. The van der Waals surface area contributed by atoms with Crippen LogP contribution in [0, 0.1) is 5.82 Å². The highest BCUT2D eigenvalue weighted by Gasteiger charge is 2.49. The molecule has 3 aromatic heterocycles. The van der Waals surface area contributed by atoms with Crippen molar-refractivity contribution in [1.82, 2.24) is 29.8 Å². The fourth-order valence-electron chi connectivity index (χ4n) is 6.72. The van der Waals surface area contributed by atoms with Crippen molar-refractivity contribution in [3.05, 3.63) is 58.9 Å². The Morgan fingerprint density at radius 3 is 2.87 bits per heavy atom. The van der Waals surface area contributed by atoms with Crippen molar-refractivity contribution >= 4 is 34.1 Å². The average Bonchev–Trinajstić information content (AvgIpc) is 3.52. The molecule has 7 rings (SSSR count). The minimum atomic E-state index is -0.907. The largest absolute Gasteiger partial charge is 0.497 e. The Balaban J connectivity index is 1.23. The van der Waals surface area contributed by atoms with E-state index in [1.54, 1.807) is 13.3 Å². The average molecular weight is 639 g/mol. The van der Waals surface area contributed by atoms with Crippen LogP contribution >= 0.6 is 11.6 Å². The van der Waals surface area contributed by atoms with E-state index in [9.17, 15) is 4.39 Å². The smallest absolute Gasteiger partial charge is 0.319 e. The van der Waals surface area contributed by atoms with Gasteiger partial charge < -0.3 is 24.4 Å². The lowest BCUT2D eigenvalue weighted by Gasteiger charge is -2.32. The zero-order valence-corrected chi connectivity index (χ0v) is 25.7. The van der Waals surface area contributed by atoms with Crippen LogP contribution in [0.25, 0.3) is 10.9 Å². The number of hydrogen-bond acceptors (Lipinski definition) is 11. The maximum absolute atomic E-state index is 15.6. The quantitative estimate of drug-likeness (QED) is 0.246. The number of hydrogen-bond donors (Lipinski definition) is 1. The van der Waals surface area contributed by atoms with Crippen molar-refractivity contribution in [2.45, 2.75) is 50.5 Å². The molecule has 3 aliphatic heterocycles. The third-order valence-corrected chi connectivity index (χ3v) is 9.27. The Morgan fingerprint density at radius 2 is 2.04 bits per heavy atom. The summed E-state index contributed by atoms with van der Waals surface area (Å²) in [5.74, 6) is 1.16. The zero-order valence-electron chi connectivity index (χ0n) is 25.0. The first kappa shape index (κ1) is 29.6. The molecule has 1 aromatic carbocycles. The van der Waals surface area contributed by atoms with Crippen LogP contribution in [0.4, 0.5) is 20.4 Å². The zero-order chi connectivity index (χ0) is 31.1. The summed E-state index contributed by atoms with van der Waals surface area (Å²) in [5, 5.41) is 3.36. The van der Waals surface area contributed by atoms with Crippen LogP contribution in [0.1, 0.15) is 43.4 Å². The molecule has 2 fully saturated rings. The fourth-order valence-corrected chi connectivity index (χ4v) is 6.88. The summed E-state index contributed by atoms with van der Waals surface area (Å²) in [6, 6.07) is 7.41. The standard InChI is InChI=1S/C31H33ClF2N8O3/c1-18(22-14-35-17-37-27(22)36-13-19-4-6-21(43-2)7-5-19)42-10-11-44-29-23-25(24(34)26(32)39-29)38-30(40-28(23)42)45-16-31-8-3-9-41(31)15-20(33)12-31/h4-7,14,17-18,20H,3,8-13,15-16H2,1-2H3,(H,35,36,37)/t18-,20-,31+/m1/s1. The van der Waals surface area contributed by atoms with E-state index < -0.39 is 17.5 Å². The van der Waals surface area contributed by atoms with Gasteiger partial charge in [-0.3, -0.25) is 4.90 Å². The number of halogens is 3. The van der Waals surface area contributed by atoms with Crippen LogP contribution in [0.5, 0.6) is 17.6 Å². The van der Waals surface area contributed by atoms with Gasteiger partial charge in [-0.15, -0.1) is 0 Å².